The van der Waals surface area contributed by atoms with Crippen molar-refractivity contribution in [3.05, 3.63) is 70.8 Å². The largest absolute Gasteiger partial charge is 0.416 e. The van der Waals surface area contributed by atoms with Gasteiger partial charge >= 0.3 is 12.4 Å². The van der Waals surface area contributed by atoms with Crippen molar-refractivity contribution < 1.29 is 31.1 Å². The summed E-state index contributed by atoms with van der Waals surface area (Å²) in [5, 5.41) is 2.66. The molecule has 32 heavy (non-hydrogen) atoms. The second-order valence-electron chi connectivity index (χ2n) is 8.32. The SMILES string of the molecule is CC(NC(=O)[C@]1(c2ccccc2)CC[C@@H](N)CC1)c1cc(C(F)(F)F)cc(C(F)(F)F)c1. The minimum atomic E-state index is -4.95. The van der Waals surface area contributed by atoms with E-state index in [9.17, 15) is 31.1 Å². The summed E-state index contributed by atoms with van der Waals surface area (Å²) in [6, 6.07) is 9.20. The van der Waals surface area contributed by atoms with E-state index in [0.717, 1.165) is 5.56 Å². The van der Waals surface area contributed by atoms with E-state index >= 15 is 0 Å². The highest BCUT2D eigenvalue weighted by molar-refractivity contribution is 5.88. The number of carbonyl (C=O) groups is 1. The van der Waals surface area contributed by atoms with Crippen LogP contribution in [0.5, 0.6) is 0 Å². The van der Waals surface area contributed by atoms with Crippen LogP contribution in [0.2, 0.25) is 0 Å². The molecule has 0 radical (unpaired) electrons. The van der Waals surface area contributed by atoms with Gasteiger partial charge in [0.2, 0.25) is 5.91 Å². The minimum Gasteiger partial charge on any atom is -0.349 e. The molecule has 0 aliphatic heterocycles. The third-order valence-corrected chi connectivity index (χ3v) is 6.10. The molecule has 0 saturated heterocycles. The van der Waals surface area contributed by atoms with Gasteiger partial charge in [0, 0.05) is 6.04 Å². The molecule has 1 saturated carbocycles. The average Bonchev–Trinajstić information content (AvgIpc) is 2.73. The van der Waals surface area contributed by atoms with Crippen LogP contribution in [0, 0.1) is 0 Å². The van der Waals surface area contributed by atoms with Gasteiger partial charge in [-0.05, 0) is 61.9 Å². The first-order valence-electron chi connectivity index (χ1n) is 10.2. The number of hydrogen-bond donors (Lipinski definition) is 2. The molecule has 0 spiro atoms. The smallest absolute Gasteiger partial charge is 0.349 e. The van der Waals surface area contributed by atoms with Gasteiger partial charge in [0.1, 0.15) is 0 Å². The van der Waals surface area contributed by atoms with Crippen molar-refractivity contribution in [1.82, 2.24) is 5.32 Å². The Balaban J connectivity index is 1.94. The summed E-state index contributed by atoms with van der Waals surface area (Å²) in [6.07, 6.45) is -7.87. The maximum Gasteiger partial charge on any atom is 0.416 e. The van der Waals surface area contributed by atoms with Gasteiger partial charge in [0.05, 0.1) is 22.6 Å². The number of halogens is 6. The molecule has 0 aromatic heterocycles. The van der Waals surface area contributed by atoms with Crippen molar-refractivity contribution in [1.29, 1.82) is 0 Å². The van der Waals surface area contributed by atoms with E-state index in [1.54, 1.807) is 30.3 Å². The van der Waals surface area contributed by atoms with Crippen molar-refractivity contribution in [3.8, 4) is 0 Å². The van der Waals surface area contributed by atoms with Gasteiger partial charge in [-0.25, -0.2) is 0 Å². The first kappa shape index (κ1) is 24.1. The third kappa shape index (κ3) is 5.09. The second-order valence-corrected chi connectivity index (χ2v) is 8.32. The maximum absolute atomic E-state index is 13.4. The molecular weight excluding hydrogens is 434 g/mol. The van der Waals surface area contributed by atoms with Crippen molar-refractivity contribution in [2.45, 2.75) is 62.5 Å². The van der Waals surface area contributed by atoms with E-state index in [2.05, 4.69) is 5.32 Å². The summed E-state index contributed by atoms with van der Waals surface area (Å²) in [5.41, 5.74) is 2.71. The molecule has 9 heteroatoms. The van der Waals surface area contributed by atoms with Crippen LogP contribution in [0.15, 0.2) is 48.5 Å². The zero-order valence-corrected chi connectivity index (χ0v) is 17.4. The summed E-state index contributed by atoms with van der Waals surface area (Å²) >= 11 is 0. The predicted molar refractivity (Wildman–Crippen MR) is 108 cm³/mol. The topological polar surface area (TPSA) is 55.1 Å². The van der Waals surface area contributed by atoms with Gasteiger partial charge < -0.3 is 11.1 Å². The van der Waals surface area contributed by atoms with Crippen LogP contribution < -0.4 is 11.1 Å². The van der Waals surface area contributed by atoms with Crippen LogP contribution >= 0.6 is 0 Å². The van der Waals surface area contributed by atoms with Crippen molar-refractivity contribution in [2.24, 2.45) is 5.73 Å². The summed E-state index contributed by atoms with van der Waals surface area (Å²) in [7, 11) is 0. The van der Waals surface area contributed by atoms with Gasteiger partial charge in [-0.3, -0.25) is 4.79 Å². The summed E-state index contributed by atoms with van der Waals surface area (Å²) in [5.74, 6) is -0.436. The number of carbonyl (C=O) groups excluding carboxylic acids is 1. The lowest BCUT2D eigenvalue weighted by molar-refractivity contribution is -0.143. The monoisotopic (exact) mass is 458 g/mol. The summed E-state index contributed by atoms with van der Waals surface area (Å²) < 4.78 is 79.2. The number of amides is 1. The fraction of sp³-hybridized carbons (Fsp3) is 0.435. The number of rotatable bonds is 4. The normalized spacial score (nSPS) is 22.9. The number of alkyl halides is 6. The van der Waals surface area contributed by atoms with Gasteiger partial charge in [-0.2, -0.15) is 26.3 Å². The highest BCUT2D eigenvalue weighted by Gasteiger charge is 2.43. The molecular formula is C23H24F6N2O. The van der Waals surface area contributed by atoms with Crippen molar-refractivity contribution >= 4 is 5.91 Å². The number of nitrogens with one attached hydrogen (secondary N) is 1. The molecule has 0 heterocycles. The first-order valence-corrected chi connectivity index (χ1v) is 10.2. The Morgan fingerprint density at radius 3 is 1.94 bits per heavy atom. The Bertz CT molecular complexity index is 915. The van der Waals surface area contributed by atoms with E-state index < -0.39 is 40.8 Å². The Morgan fingerprint density at radius 2 is 1.47 bits per heavy atom. The Hall–Kier alpha value is -2.55. The van der Waals surface area contributed by atoms with Gasteiger partial charge in [-0.1, -0.05) is 30.3 Å². The van der Waals surface area contributed by atoms with Crippen LogP contribution in [0.1, 0.15) is 60.9 Å². The fourth-order valence-corrected chi connectivity index (χ4v) is 4.18. The quantitative estimate of drug-likeness (QED) is 0.574. The Kier molecular flexibility index (Phi) is 6.60. The lowest BCUT2D eigenvalue weighted by Gasteiger charge is -2.39. The molecule has 1 amide bonds. The highest BCUT2D eigenvalue weighted by Crippen LogP contribution is 2.41. The van der Waals surface area contributed by atoms with E-state index in [0.29, 0.717) is 37.8 Å². The molecule has 3 N–H and O–H groups in total. The fourth-order valence-electron chi connectivity index (χ4n) is 4.18. The lowest BCUT2D eigenvalue weighted by atomic mass is 9.67. The summed E-state index contributed by atoms with van der Waals surface area (Å²) in [6.45, 7) is 1.38. The Morgan fingerprint density at radius 1 is 0.969 bits per heavy atom. The molecule has 2 aromatic carbocycles. The number of hydrogen-bond acceptors (Lipinski definition) is 2. The van der Waals surface area contributed by atoms with E-state index in [-0.39, 0.29) is 17.7 Å². The van der Waals surface area contributed by atoms with Crippen LogP contribution in [-0.2, 0) is 22.6 Å². The molecule has 1 fully saturated rings. The number of benzene rings is 2. The molecule has 174 valence electrons. The zero-order chi connectivity index (χ0) is 23.7. The van der Waals surface area contributed by atoms with Crippen LogP contribution in [0.3, 0.4) is 0 Å². The third-order valence-electron chi connectivity index (χ3n) is 6.10. The molecule has 1 unspecified atom stereocenters. The molecule has 0 bridgehead atoms. The molecule has 2 aromatic rings. The maximum atomic E-state index is 13.4. The van der Waals surface area contributed by atoms with E-state index in [1.807, 2.05) is 0 Å². The van der Waals surface area contributed by atoms with Crippen LogP contribution in [-0.4, -0.2) is 11.9 Å². The minimum absolute atomic E-state index is 0.0603. The first-order chi connectivity index (χ1) is 14.8. The Labute approximate surface area is 182 Å². The van der Waals surface area contributed by atoms with E-state index in [4.69, 9.17) is 5.73 Å². The summed E-state index contributed by atoms with van der Waals surface area (Å²) in [4.78, 5) is 13.4. The average molecular weight is 458 g/mol. The van der Waals surface area contributed by atoms with Crippen molar-refractivity contribution in [3.63, 3.8) is 0 Å². The molecule has 1 aliphatic carbocycles. The van der Waals surface area contributed by atoms with Gasteiger partial charge in [-0.15, -0.1) is 0 Å². The van der Waals surface area contributed by atoms with Crippen LogP contribution in [0.4, 0.5) is 26.3 Å². The molecule has 1 aliphatic rings. The number of nitrogens with two attached hydrogens (primary N) is 1. The second kappa shape index (κ2) is 8.77. The highest BCUT2D eigenvalue weighted by atomic mass is 19.4. The lowest BCUT2D eigenvalue weighted by Crippen LogP contribution is -2.49. The van der Waals surface area contributed by atoms with E-state index in [1.165, 1.54) is 6.92 Å². The molecule has 3 rings (SSSR count). The van der Waals surface area contributed by atoms with Crippen LogP contribution in [0.25, 0.3) is 0 Å². The zero-order valence-electron chi connectivity index (χ0n) is 17.4. The van der Waals surface area contributed by atoms with Gasteiger partial charge in [0.15, 0.2) is 0 Å². The standard InChI is InChI=1S/C23H24F6N2O/c1-14(15-11-17(22(24,25)26)13-18(12-15)23(27,28)29)31-20(32)21(9-7-19(30)8-10-21)16-5-3-2-4-6-16/h2-6,11-14,19H,7-10,30H2,1H3,(H,31,32)/t14?,19-,21-. The molecule has 1 atom stereocenters. The predicted octanol–water partition coefficient (Wildman–Crippen LogP) is 5.74. The van der Waals surface area contributed by atoms with Crippen molar-refractivity contribution in [2.75, 3.05) is 0 Å². The van der Waals surface area contributed by atoms with Gasteiger partial charge in [0.25, 0.3) is 0 Å². The molecule has 3 nitrogen and oxygen atoms in total.